The number of para-hydroxylation sites is 1. The molecule has 0 radical (unpaired) electrons. The molecule has 2 amide bonds. The lowest BCUT2D eigenvalue weighted by Gasteiger charge is -2.42. The maximum Gasteiger partial charge on any atom is 0.416 e. The van der Waals surface area contributed by atoms with Crippen LogP contribution in [0.4, 0.5) is 35.2 Å². The molecule has 1 aliphatic carbocycles. The molecule has 1 aromatic heterocycles. The predicted molar refractivity (Wildman–Crippen MR) is 195 cm³/mol. The van der Waals surface area contributed by atoms with Gasteiger partial charge >= 0.3 is 12.3 Å². The summed E-state index contributed by atoms with van der Waals surface area (Å²) >= 11 is 0. The van der Waals surface area contributed by atoms with Crippen LogP contribution in [0.1, 0.15) is 66.8 Å². The number of carboxylic acid groups (broad SMARTS) is 1. The molecule has 0 bridgehead atoms. The molecule has 2 N–H and O–H groups in total. The number of alkyl halides is 3. The lowest BCUT2D eigenvalue weighted by molar-refractivity contribution is -0.138. The Kier molecular flexibility index (Phi) is 9.61. The third kappa shape index (κ3) is 6.91. The first-order valence-electron chi connectivity index (χ1n) is 17.7. The van der Waals surface area contributed by atoms with Gasteiger partial charge in [0, 0.05) is 23.3 Å². The van der Waals surface area contributed by atoms with E-state index < -0.39 is 41.2 Å². The first-order valence-corrected chi connectivity index (χ1v) is 17.7. The van der Waals surface area contributed by atoms with Gasteiger partial charge in [0.2, 0.25) is 5.91 Å². The average Bonchev–Trinajstić information content (AvgIpc) is 3.60. The van der Waals surface area contributed by atoms with Crippen molar-refractivity contribution in [2.24, 2.45) is 5.92 Å². The van der Waals surface area contributed by atoms with Crippen LogP contribution in [0.2, 0.25) is 0 Å². The summed E-state index contributed by atoms with van der Waals surface area (Å²) in [5, 5.41) is 14.3. The summed E-state index contributed by atoms with van der Waals surface area (Å²) in [6, 6.07) is 28.2. The normalized spacial score (nSPS) is 18.7. The highest BCUT2D eigenvalue weighted by molar-refractivity contribution is 5.95. The van der Waals surface area contributed by atoms with Crippen LogP contribution in [-0.2, 0) is 17.4 Å². The van der Waals surface area contributed by atoms with Gasteiger partial charge in [0.25, 0.3) is 0 Å². The Balaban J connectivity index is 1.27. The van der Waals surface area contributed by atoms with E-state index in [4.69, 9.17) is 0 Å². The van der Waals surface area contributed by atoms with Gasteiger partial charge in [-0.05, 0) is 92.1 Å². The van der Waals surface area contributed by atoms with Crippen molar-refractivity contribution < 1.29 is 27.9 Å². The summed E-state index contributed by atoms with van der Waals surface area (Å²) in [7, 11) is 0. The number of piperidine rings is 1. The molecule has 1 saturated heterocycles. The molecular weight excluding hydrogens is 667 g/mol. The van der Waals surface area contributed by atoms with Crippen molar-refractivity contribution in [1.29, 1.82) is 0 Å². The minimum atomic E-state index is -4.56. The number of nitrogens with zero attached hydrogens (tertiary/aromatic N) is 4. The molecule has 268 valence electrons. The molecule has 2 heterocycles. The molecular formula is C41H40F3N5O3. The van der Waals surface area contributed by atoms with Crippen LogP contribution in [0.25, 0.3) is 10.9 Å². The van der Waals surface area contributed by atoms with Crippen molar-refractivity contribution in [2.45, 2.75) is 69.6 Å². The third-order valence-corrected chi connectivity index (χ3v) is 10.6. The molecule has 5 aromatic rings. The van der Waals surface area contributed by atoms with E-state index in [0.29, 0.717) is 37.3 Å². The Bertz CT molecular complexity index is 2060. The predicted octanol–water partition coefficient (Wildman–Crippen LogP) is 9.59. The van der Waals surface area contributed by atoms with Crippen molar-refractivity contribution in [3.05, 3.63) is 126 Å². The number of fused-ring (bicyclic) bond motifs is 1. The Morgan fingerprint density at radius 3 is 2.35 bits per heavy atom. The van der Waals surface area contributed by atoms with Gasteiger partial charge in [0.05, 0.1) is 28.6 Å². The van der Waals surface area contributed by atoms with Crippen LogP contribution in [0.5, 0.6) is 0 Å². The van der Waals surface area contributed by atoms with Crippen LogP contribution < -0.4 is 15.1 Å². The lowest BCUT2D eigenvalue weighted by atomic mass is 9.83. The molecule has 52 heavy (non-hydrogen) atoms. The van der Waals surface area contributed by atoms with E-state index >= 15 is 0 Å². The molecule has 2 atom stereocenters. The maximum absolute atomic E-state index is 14.2. The van der Waals surface area contributed by atoms with Crippen molar-refractivity contribution >= 4 is 40.1 Å². The van der Waals surface area contributed by atoms with Crippen molar-refractivity contribution in [1.82, 2.24) is 9.97 Å². The zero-order valence-corrected chi connectivity index (χ0v) is 28.8. The number of aromatic nitrogens is 2. The average molecular weight is 708 g/mol. The molecule has 1 aliphatic heterocycles. The Labute approximate surface area is 300 Å². The molecule has 7 rings (SSSR count). The summed E-state index contributed by atoms with van der Waals surface area (Å²) < 4.78 is 41.3. The van der Waals surface area contributed by atoms with Gasteiger partial charge in [-0.25, -0.2) is 14.8 Å². The fourth-order valence-corrected chi connectivity index (χ4v) is 8.28. The third-order valence-electron chi connectivity index (χ3n) is 10.6. The van der Waals surface area contributed by atoms with Gasteiger partial charge in [-0.1, -0.05) is 73.5 Å². The van der Waals surface area contributed by atoms with Crippen LogP contribution in [-0.4, -0.2) is 39.2 Å². The molecule has 0 unspecified atom stereocenters. The van der Waals surface area contributed by atoms with E-state index in [-0.39, 0.29) is 11.3 Å². The van der Waals surface area contributed by atoms with E-state index in [9.17, 15) is 27.9 Å². The number of hydrogen-bond acceptors (Lipinski definition) is 5. The number of carbonyl (C=O) groups is 2. The number of carbonyl (C=O) groups excluding carboxylic acids is 1. The second kappa shape index (κ2) is 14.3. The lowest BCUT2D eigenvalue weighted by Crippen LogP contribution is -2.51. The number of rotatable bonds is 8. The molecule has 4 aromatic carbocycles. The SMILES string of the molecule is Cc1ccc(NC(=O)[C@H]2CCCN(c3ncnc4ccccc34)[C@H]2c2ccc(N(C(=O)O)C3(Cc4ccccc4)CCCC3)cc2)cc1C(F)(F)F. The zero-order chi connectivity index (χ0) is 36.5. The summed E-state index contributed by atoms with van der Waals surface area (Å²) in [5.41, 5.74) is 1.86. The van der Waals surface area contributed by atoms with Gasteiger partial charge in [-0.15, -0.1) is 0 Å². The highest BCUT2D eigenvalue weighted by atomic mass is 19.4. The summed E-state index contributed by atoms with van der Waals surface area (Å²) in [6.07, 6.45) is 0.967. The van der Waals surface area contributed by atoms with Crippen molar-refractivity contribution in [3.63, 3.8) is 0 Å². The molecule has 8 nitrogen and oxygen atoms in total. The van der Waals surface area contributed by atoms with Crippen LogP contribution in [0, 0.1) is 12.8 Å². The van der Waals surface area contributed by atoms with Gasteiger partial charge in [0.1, 0.15) is 12.1 Å². The highest BCUT2D eigenvalue weighted by Gasteiger charge is 2.44. The number of amides is 2. The Morgan fingerprint density at radius 1 is 0.923 bits per heavy atom. The minimum absolute atomic E-state index is 0.0685. The monoisotopic (exact) mass is 707 g/mol. The fraction of sp³-hybridized carbons (Fsp3) is 0.317. The zero-order valence-electron chi connectivity index (χ0n) is 28.8. The van der Waals surface area contributed by atoms with Crippen molar-refractivity contribution in [2.75, 3.05) is 21.7 Å². The van der Waals surface area contributed by atoms with E-state index in [1.807, 2.05) is 78.9 Å². The summed E-state index contributed by atoms with van der Waals surface area (Å²) in [4.78, 5) is 39.9. The summed E-state index contributed by atoms with van der Waals surface area (Å²) in [6.45, 7) is 1.96. The van der Waals surface area contributed by atoms with Crippen LogP contribution >= 0.6 is 0 Å². The Morgan fingerprint density at radius 2 is 1.63 bits per heavy atom. The van der Waals surface area contributed by atoms with E-state index in [1.165, 1.54) is 30.3 Å². The topological polar surface area (TPSA) is 98.7 Å². The van der Waals surface area contributed by atoms with E-state index in [1.54, 1.807) is 0 Å². The quantitative estimate of drug-likeness (QED) is 0.167. The molecule has 2 fully saturated rings. The summed E-state index contributed by atoms with van der Waals surface area (Å²) in [5.74, 6) is -0.431. The van der Waals surface area contributed by atoms with Gasteiger partial charge < -0.3 is 15.3 Å². The fourth-order valence-electron chi connectivity index (χ4n) is 8.28. The number of anilines is 3. The highest BCUT2D eigenvalue weighted by Crippen LogP contribution is 2.44. The second-order valence-corrected chi connectivity index (χ2v) is 13.9. The first kappa shape index (κ1) is 35.0. The molecule has 11 heteroatoms. The van der Waals surface area contributed by atoms with Crippen LogP contribution in [0.3, 0.4) is 0 Å². The first-order chi connectivity index (χ1) is 25.0. The van der Waals surface area contributed by atoms with E-state index in [2.05, 4.69) is 20.2 Å². The molecule has 2 aliphatic rings. The maximum atomic E-state index is 14.2. The van der Waals surface area contributed by atoms with Crippen molar-refractivity contribution in [3.8, 4) is 0 Å². The van der Waals surface area contributed by atoms with Gasteiger partial charge in [-0.3, -0.25) is 9.69 Å². The number of hydrogen-bond donors (Lipinski definition) is 2. The number of benzene rings is 4. The van der Waals surface area contributed by atoms with Gasteiger partial charge in [0.15, 0.2) is 0 Å². The molecule has 0 spiro atoms. The number of nitrogens with one attached hydrogen (secondary N) is 1. The number of aryl methyl sites for hydroxylation is 1. The smallest absolute Gasteiger partial charge is 0.416 e. The number of halogens is 3. The Hall–Kier alpha value is -5.45. The minimum Gasteiger partial charge on any atom is -0.465 e. The van der Waals surface area contributed by atoms with E-state index in [0.717, 1.165) is 53.8 Å². The van der Waals surface area contributed by atoms with Crippen LogP contribution in [0.15, 0.2) is 103 Å². The largest absolute Gasteiger partial charge is 0.465 e. The second-order valence-electron chi connectivity index (χ2n) is 13.9. The van der Waals surface area contributed by atoms with Gasteiger partial charge in [-0.2, -0.15) is 13.2 Å². The molecule has 1 saturated carbocycles. The standard InChI is InChI=1S/C41H40F3N5O3/c1-27-15-18-30(24-34(27)41(42,43)44)47-38(50)33-13-9-23-48(37-32-12-5-6-14-35(32)45-26-46-37)36(33)29-16-19-31(20-17-29)49(39(51)52)40(21-7-8-22-40)25-28-10-3-2-4-11-28/h2-6,10-12,14-20,24,26,33,36H,7-9,13,21-23,25H2,1H3,(H,47,50)(H,51,52)/t33-,36-/m0/s1.